The first kappa shape index (κ1) is 130. The van der Waals surface area contributed by atoms with E-state index in [-0.39, 0.29) is 66.9 Å². The molecule has 0 spiro atoms. The Morgan fingerprint density at radius 3 is 0.688 bits per heavy atom. The van der Waals surface area contributed by atoms with Gasteiger partial charge in [0.25, 0.3) is 0 Å². The fourth-order valence-corrected chi connectivity index (χ4v) is 0. The summed E-state index contributed by atoms with van der Waals surface area (Å²) in [5.74, 6) is 0. The second kappa shape index (κ2) is 76.6. The molecule has 0 atom stereocenters. The first-order chi connectivity index (χ1) is 3.00. The number of rotatable bonds is 0. The van der Waals surface area contributed by atoms with Crippen molar-refractivity contribution >= 4 is 45.3 Å². The maximum absolute atomic E-state index is 8.52. The fraction of sp³-hybridized carbons (Fsp3) is 0. The topological polar surface area (TPSA) is 352 Å². The van der Waals surface area contributed by atoms with Crippen molar-refractivity contribution in [1.29, 1.82) is 0 Å². The summed E-state index contributed by atoms with van der Waals surface area (Å²) < 4.78 is 40.6. The summed E-state index contributed by atoms with van der Waals surface area (Å²) in [5, 5.41) is 0. The molecule has 0 heterocycles. The molecular formula is H17ClMgO13S. The maximum atomic E-state index is 8.52. The monoisotopic (exact) mass is 316 g/mol. The summed E-state index contributed by atoms with van der Waals surface area (Å²) >= 11 is 3.64. The molecular weight excluding hydrogens is 300 g/mol. The van der Waals surface area contributed by atoms with Gasteiger partial charge in [0.15, 0.2) is 0 Å². The van der Waals surface area contributed by atoms with Crippen LogP contribution in [0.4, 0.5) is 0 Å². The van der Waals surface area contributed by atoms with Gasteiger partial charge in [-0.15, -0.1) is 0 Å². The van der Waals surface area contributed by atoms with E-state index >= 15 is 0 Å². The van der Waals surface area contributed by atoms with Crippen LogP contribution in [0.25, 0.3) is 0 Å². The van der Waals surface area contributed by atoms with E-state index in [1.54, 1.807) is 0 Å². The molecule has 0 radical (unpaired) electrons. The van der Waals surface area contributed by atoms with Gasteiger partial charge in [-0.3, -0.25) is 13.1 Å². The van der Waals surface area contributed by atoms with E-state index in [9.17, 15) is 0 Å². The molecule has 0 aliphatic heterocycles. The molecule has 0 aliphatic carbocycles. The summed E-state index contributed by atoms with van der Waals surface area (Å²) in [6, 6.07) is 0. The normalized spacial score (nSPS) is 4.00. The van der Waals surface area contributed by atoms with Gasteiger partial charge in [-0.1, -0.05) is 0 Å². The fourth-order valence-electron chi connectivity index (χ4n) is 0. The molecule has 17 N–H and O–H groups in total. The summed E-state index contributed by atoms with van der Waals surface area (Å²) in [7, 11) is -5.17. The SMILES string of the molecule is O.O.O.O.O.O.O.O.O=S(=O)([O-])[O-].OCl.[Mg+2]. The number of hydrogen-bond acceptors (Lipinski definition) is 5. The molecule has 0 saturated carbocycles. The molecule has 0 saturated heterocycles. The van der Waals surface area contributed by atoms with Crippen LogP contribution in [-0.2, 0) is 10.4 Å². The van der Waals surface area contributed by atoms with Crippen molar-refractivity contribution in [2.45, 2.75) is 0 Å². The molecule has 0 aromatic rings. The first-order valence-electron chi connectivity index (χ1n) is 0.836. The van der Waals surface area contributed by atoms with E-state index in [0.717, 1.165) is 0 Å². The van der Waals surface area contributed by atoms with E-state index in [2.05, 4.69) is 11.9 Å². The minimum absolute atomic E-state index is 0. The molecule has 16 heavy (non-hydrogen) atoms. The first-order valence-corrected chi connectivity index (χ1v) is 2.51. The van der Waals surface area contributed by atoms with Crippen LogP contribution < -0.4 is 0 Å². The maximum Gasteiger partial charge on any atom is 2.00 e. The van der Waals surface area contributed by atoms with Crippen molar-refractivity contribution in [3.05, 3.63) is 0 Å². The van der Waals surface area contributed by atoms with Gasteiger partial charge in [0.05, 0.1) is 11.9 Å². The zero-order chi connectivity index (χ0) is 6.50. The summed E-state index contributed by atoms with van der Waals surface area (Å²) in [6.45, 7) is 0. The van der Waals surface area contributed by atoms with Crippen LogP contribution in [0.2, 0.25) is 0 Å². The van der Waals surface area contributed by atoms with Crippen LogP contribution >= 0.6 is 11.9 Å². The standard InChI is InChI=1S/ClHO.Mg.H2O4S.8H2O/c1-2;;1-5(2,3)4;;;;;;;;/h2H;;(H2,1,2,3,4);8*1H2/q;+2;;;;;;;;;/p-2. The van der Waals surface area contributed by atoms with Gasteiger partial charge in [0, 0.05) is 10.4 Å². The third kappa shape index (κ3) is 8360. The van der Waals surface area contributed by atoms with Gasteiger partial charge >= 0.3 is 23.1 Å². The van der Waals surface area contributed by atoms with Gasteiger partial charge in [-0.2, -0.15) is 0 Å². The summed E-state index contributed by atoms with van der Waals surface area (Å²) in [6.07, 6.45) is 0. The minimum atomic E-state index is -5.17. The van der Waals surface area contributed by atoms with Crippen LogP contribution in [0.3, 0.4) is 0 Å². The Morgan fingerprint density at radius 2 is 0.688 bits per heavy atom. The second-order valence-corrected chi connectivity index (χ2v) is 1.22. The smallest absolute Gasteiger partial charge is 0.759 e. The second-order valence-electron chi connectivity index (χ2n) is 0.408. The summed E-state index contributed by atoms with van der Waals surface area (Å²) in [5.41, 5.74) is 0. The van der Waals surface area contributed by atoms with Crippen molar-refractivity contribution in [2.24, 2.45) is 0 Å². The molecule has 0 rings (SSSR count). The van der Waals surface area contributed by atoms with Crippen molar-refractivity contribution < 1.29 is 66.0 Å². The van der Waals surface area contributed by atoms with Crippen LogP contribution in [0.5, 0.6) is 0 Å². The third-order valence-electron chi connectivity index (χ3n) is 0. The van der Waals surface area contributed by atoms with Crippen molar-refractivity contribution in [3.63, 3.8) is 0 Å². The predicted octanol–water partition coefficient (Wildman–Crippen LogP) is -8.18. The Bertz CT molecular complexity index is 99.1. The van der Waals surface area contributed by atoms with Crippen LogP contribution in [0, 0.1) is 0 Å². The molecule has 0 unspecified atom stereocenters. The van der Waals surface area contributed by atoms with Gasteiger partial charge in [-0.05, 0) is 0 Å². The largest absolute Gasteiger partial charge is 2.00 e. The number of halogens is 1. The predicted molar refractivity (Wildman–Crippen MR) is 53.2 cm³/mol. The Morgan fingerprint density at radius 1 is 0.688 bits per heavy atom. The average Bonchev–Trinajstić information content (AvgIpc) is 1.36. The van der Waals surface area contributed by atoms with Gasteiger partial charge in [0.2, 0.25) is 0 Å². The minimum Gasteiger partial charge on any atom is -0.759 e. The molecule has 13 nitrogen and oxygen atoms in total. The van der Waals surface area contributed by atoms with Crippen molar-refractivity contribution in [3.8, 4) is 0 Å². The van der Waals surface area contributed by atoms with E-state index < -0.39 is 10.4 Å². The molecule has 0 amide bonds. The van der Waals surface area contributed by atoms with E-state index in [1.807, 2.05) is 0 Å². The van der Waals surface area contributed by atoms with E-state index in [0.29, 0.717) is 0 Å². The Kier molecular flexibility index (Phi) is 620. The van der Waals surface area contributed by atoms with Crippen molar-refractivity contribution in [2.75, 3.05) is 0 Å². The van der Waals surface area contributed by atoms with E-state index in [4.69, 9.17) is 22.2 Å². The average molecular weight is 317 g/mol. The molecule has 0 fully saturated rings. The van der Waals surface area contributed by atoms with Crippen LogP contribution in [0.15, 0.2) is 0 Å². The van der Waals surface area contributed by atoms with Crippen molar-refractivity contribution in [1.82, 2.24) is 0 Å². The van der Waals surface area contributed by atoms with Crippen LogP contribution in [0.1, 0.15) is 0 Å². The molecule has 0 aromatic heterocycles. The molecule has 16 heteroatoms. The Balaban J connectivity index is -0.00000000242. The molecule has 0 aliphatic rings. The molecule has 110 valence electrons. The Labute approximate surface area is 111 Å². The van der Waals surface area contributed by atoms with E-state index in [1.165, 1.54) is 0 Å². The van der Waals surface area contributed by atoms with Gasteiger partial charge in [0.1, 0.15) is 0 Å². The zero-order valence-electron chi connectivity index (χ0n) is 7.57. The Hall–Kier alpha value is 0.566. The summed E-state index contributed by atoms with van der Waals surface area (Å²) in [4.78, 5) is 0. The van der Waals surface area contributed by atoms with Crippen LogP contribution in [-0.4, -0.2) is 89.0 Å². The molecule has 0 bridgehead atoms. The molecule has 0 aromatic carbocycles. The zero-order valence-corrected chi connectivity index (χ0v) is 10.6. The number of hydrogen-bond donors (Lipinski definition) is 1. The third-order valence-corrected chi connectivity index (χ3v) is 0. The quantitative estimate of drug-likeness (QED) is 0.257. The van der Waals surface area contributed by atoms with Gasteiger partial charge < -0.3 is 52.9 Å². The van der Waals surface area contributed by atoms with Gasteiger partial charge in [-0.25, -0.2) is 0 Å².